The van der Waals surface area contributed by atoms with Crippen LogP contribution >= 0.6 is 0 Å². The molecule has 7 heteroatoms. The second-order valence-corrected chi connectivity index (χ2v) is 8.49. The van der Waals surface area contributed by atoms with Gasteiger partial charge < -0.3 is 19.2 Å². The first-order valence-corrected chi connectivity index (χ1v) is 11.2. The number of benzene rings is 2. The van der Waals surface area contributed by atoms with Crippen LogP contribution in [-0.2, 0) is 4.79 Å². The Kier molecular flexibility index (Phi) is 5.77. The van der Waals surface area contributed by atoms with E-state index in [2.05, 4.69) is 5.32 Å². The van der Waals surface area contributed by atoms with Gasteiger partial charge in [0.1, 0.15) is 6.04 Å². The van der Waals surface area contributed by atoms with E-state index in [9.17, 15) is 9.59 Å². The van der Waals surface area contributed by atoms with Crippen LogP contribution in [-0.4, -0.2) is 24.6 Å². The van der Waals surface area contributed by atoms with Gasteiger partial charge in [-0.05, 0) is 49.6 Å². The number of carbonyl (C=O) groups is 2. The molecule has 1 N–H and O–H groups in total. The summed E-state index contributed by atoms with van der Waals surface area (Å²) in [6.07, 6.45) is 5.53. The van der Waals surface area contributed by atoms with E-state index in [1.807, 2.05) is 31.2 Å². The summed E-state index contributed by atoms with van der Waals surface area (Å²) < 4.78 is 16.4. The van der Waals surface area contributed by atoms with Crippen LogP contribution in [0.25, 0.3) is 0 Å². The number of hydrogen-bond acceptors (Lipinski definition) is 5. The fraction of sp³-hybridized carbons (Fsp3) is 0.308. The molecule has 5 rings (SSSR count). The Hall–Kier alpha value is -3.74. The normalized spacial score (nSPS) is 15.9. The van der Waals surface area contributed by atoms with E-state index in [0.717, 1.165) is 31.2 Å². The van der Waals surface area contributed by atoms with Gasteiger partial charge in [0.2, 0.25) is 12.7 Å². The highest BCUT2D eigenvalue weighted by atomic mass is 16.7. The van der Waals surface area contributed by atoms with E-state index in [0.29, 0.717) is 22.7 Å². The molecule has 7 nitrogen and oxygen atoms in total. The first-order chi connectivity index (χ1) is 16.1. The highest BCUT2D eigenvalue weighted by molar-refractivity contribution is 6.08. The maximum Gasteiger partial charge on any atom is 0.294 e. The van der Waals surface area contributed by atoms with Crippen LogP contribution in [0.4, 0.5) is 5.69 Å². The summed E-state index contributed by atoms with van der Waals surface area (Å²) in [6, 6.07) is 15.4. The van der Waals surface area contributed by atoms with E-state index in [-0.39, 0.29) is 24.5 Å². The van der Waals surface area contributed by atoms with Gasteiger partial charge in [-0.3, -0.25) is 14.5 Å². The molecule has 2 aliphatic rings. The minimum Gasteiger partial charge on any atom is -0.459 e. The Bertz CT molecular complexity index is 1130. The number of fused-ring (bicyclic) bond motifs is 1. The maximum atomic E-state index is 13.7. The molecule has 33 heavy (non-hydrogen) atoms. The zero-order valence-corrected chi connectivity index (χ0v) is 18.5. The summed E-state index contributed by atoms with van der Waals surface area (Å²) in [4.78, 5) is 28.9. The minimum absolute atomic E-state index is 0.114. The number of nitrogens with one attached hydrogen (secondary N) is 1. The Morgan fingerprint density at radius 1 is 1.00 bits per heavy atom. The number of rotatable bonds is 6. The van der Waals surface area contributed by atoms with Crippen LogP contribution in [0.15, 0.2) is 65.3 Å². The summed E-state index contributed by atoms with van der Waals surface area (Å²) >= 11 is 0. The molecule has 1 aromatic heterocycles. The van der Waals surface area contributed by atoms with Gasteiger partial charge in [-0.1, -0.05) is 42.7 Å². The number of anilines is 1. The van der Waals surface area contributed by atoms with Gasteiger partial charge in [0.25, 0.3) is 5.91 Å². The summed E-state index contributed by atoms with van der Waals surface area (Å²) in [5, 5.41) is 3.18. The Labute approximate surface area is 192 Å². The van der Waals surface area contributed by atoms with Crippen molar-refractivity contribution < 1.29 is 23.5 Å². The van der Waals surface area contributed by atoms with E-state index < -0.39 is 11.9 Å². The molecule has 0 saturated heterocycles. The summed E-state index contributed by atoms with van der Waals surface area (Å²) in [5.41, 5.74) is 2.31. The Morgan fingerprint density at radius 2 is 1.76 bits per heavy atom. The number of furan rings is 1. The largest absolute Gasteiger partial charge is 0.459 e. The average molecular weight is 447 g/mol. The lowest BCUT2D eigenvalue weighted by Gasteiger charge is -2.32. The van der Waals surface area contributed by atoms with Crippen LogP contribution < -0.4 is 19.7 Å². The van der Waals surface area contributed by atoms with E-state index in [1.165, 1.54) is 11.2 Å². The number of aryl methyl sites for hydroxylation is 1. The fourth-order valence-corrected chi connectivity index (χ4v) is 4.45. The van der Waals surface area contributed by atoms with Gasteiger partial charge in [-0.25, -0.2) is 0 Å². The Balaban J connectivity index is 1.60. The first-order valence-electron chi connectivity index (χ1n) is 11.2. The second-order valence-electron chi connectivity index (χ2n) is 8.49. The van der Waals surface area contributed by atoms with Crippen molar-refractivity contribution in [3.05, 3.63) is 77.7 Å². The van der Waals surface area contributed by atoms with Crippen molar-refractivity contribution in [2.24, 2.45) is 0 Å². The van der Waals surface area contributed by atoms with Crippen molar-refractivity contribution in [3.8, 4) is 11.5 Å². The van der Waals surface area contributed by atoms with Gasteiger partial charge in [0.05, 0.1) is 6.26 Å². The summed E-state index contributed by atoms with van der Waals surface area (Å²) in [7, 11) is 0. The molecule has 1 aliphatic carbocycles. The highest BCUT2D eigenvalue weighted by Crippen LogP contribution is 2.39. The number of hydrogen-bond donors (Lipinski definition) is 1. The molecule has 170 valence electrons. The van der Waals surface area contributed by atoms with Crippen molar-refractivity contribution in [2.75, 3.05) is 11.7 Å². The van der Waals surface area contributed by atoms with Gasteiger partial charge in [-0.2, -0.15) is 0 Å². The third kappa shape index (κ3) is 4.31. The van der Waals surface area contributed by atoms with E-state index >= 15 is 0 Å². The molecule has 2 heterocycles. The molecule has 0 spiro atoms. The topological polar surface area (TPSA) is 81.0 Å². The van der Waals surface area contributed by atoms with Crippen LogP contribution in [0, 0.1) is 6.92 Å². The Morgan fingerprint density at radius 3 is 2.48 bits per heavy atom. The van der Waals surface area contributed by atoms with Crippen LogP contribution in [0.5, 0.6) is 11.5 Å². The average Bonchev–Trinajstić information content (AvgIpc) is 3.60. The molecule has 1 fully saturated rings. The van der Waals surface area contributed by atoms with Crippen LogP contribution in [0.2, 0.25) is 0 Å². The molecular weight excluding hydrogens is 420 g/mol. The molecule has 1 saturated carbocycles. The maximum absolute atomic E-state index is 13.7. The second kappa shape index (κ2) is 9.02. The smallest absolute Gasteiger partial charge is 0.294 e. The van der Waals surface area contributed by atoms with E-state index in [1.54, 1.807) is 30.3 Å². The molecule has 3 aromatic rings. The minimum atomic E-state index is -0.885. The van der Waals surface area contributed by atoms with Crippen LogP contribution in [0.1, 0.15) is 53.4 Å². The summed E-state index contributed by atoms with van der Waals surface area (Å²) in [5.74, 6) is 0.655. The van der Waals surface area contributed by atoms with Crippen molar-refractivity contribution in [2.45, 2.75) is 44.7 Å². The molecule has 1 aliphatic heterocycles. The third-order valence-electron chi connectivity index (χ3n) is 6.19. The van der Waals surface area contributed by atoms with Crippen molar-refractivity contribution in [1.29, 1.82) is 0 Å². The SMILES string of the molecule is Cc1ccc([C@@H](C(=O)NC2CCCC2)N(C(=O)c2ccco2)c2ccc3c(c2)OCO3)cc1. The number of carbonyl (C=O) groups excluding carboxylic acids is 2. The molecule has 1 atom stereocenters. The first kappa shape index (κ1) is 21.1. The highest BCUT2D eigenvalue weighted by Gasteiger charge is 2.36. The lowest BCUT2D eigenvalue weighted by molar-refractivity contribution is -0.123. The number of amides is 2. The third-order valence-corrected chi connectivity index (χ3v) is 6.19. The summed E-state index contributed by atoms with van der Waals surface area (Å²) in [6.45, 7) is 2.11. The molecular formula is C26H26N2O5. The van der Waals surface area contributed by atoms with Gasteiger partial charge in [-0.15, -0.1) is 0 Å². The van der Waals surface area contributed by atoms with Gasteiger partial charge in [0, 0.05) is 17.8 Å². The number of ether oxygens (including phenoxy) is 2. The van der Waals surface area contributed by atoms with Crippen molar-refractivity contribution in [1.82, 2.24) is 5.32 Å². The van der Waals surface area contributed by atoms with Crippen molar-refractivity contribution in [3.63, 3.8) is 0 Å². The standard InChI is InChI=1S/C26H26N2O5/c1-17-8-10-18(11-9-17)24(25(29)27-19-5-2-3-6-19)28(26(30)22-7-4-14-31-22)20-12-13-21-23(15-20)33-16-32-21/h4,7-15,19,24H,2-3,5-6,16H2,1H3,(H,27,29)/t24-/m0/s1. The van der Waals surface area contributed by atoms with Crippen molar-refractivity contribution >= 4 is 17.5 Å². The van der Waals surface area contributed by atoms with Crippen LogP contribution in [0.3, 0.4) is 0 Å². The zero-order valence-electron chi connectivity index (χ0n) is 18.5. The molecule has 2 amide bonds. The predicted octanol–water partition coefficient (Wildman–Crippen LogP) is 4.76. The molecule has 0 radical (unpaired) electrons. The predicted molar refractivity (Wildman–Crippen MR) is 122 cm³/mol. The molecule has 0 bridgehead atoms. The quantitative estimate of drug-likeness (QED) is 0.590. The fourth-order valence-electron chi connectivity index (χ4n) is 4.45. The molecule has 2 aromatic carbocycles. The lowest BCUT2D eigenvalue weighted by Crippen LogP contribution is -2.46. The van der Waals surface area contributed by atoms with Gasteiger partial charge in [0.15, 0.2) is 17.3 Å². The zero-order chi connectivity index (χ0) is 22.8. The van der Waals surface area contributed by atoms with E-state index in [4.69, 9.17) is 13.9 Å². The number of nitrogens with zero attached hydrogens (tertiary/aromatic N) is 1. The lowest BCUT2D eigenvalue weighted by atomic mass is 10.0. The van der Waals surface area contributed by atoms with Gasteiger partial charge >= 0.3 is 0 Å². The molecule has 0 unspecified atom stereocenters. The monoisotopic (exact) mass is 446 g/mol.